The zero-order chi connectivity index (χ0) is 13.9. The number of hydrogen-bond donors (Lipinski definition) is 1. The number of esters is 1. The lowest BCUT2D eigenvalue weighted by molar-refractivity contribution is -0.145. The maximum Gasteiger partial charge on any atom is 0.344 e. The lowest BCUT2D eigenvalue weighted by Gasteiger charge is -2.08. The van der Waals surface area contributed by atoms with E-state index in [2.05, 4.69) is 12.2 Å². The Labute approximate surface area is 113 Å². The van der Waals surface area contributed by atoms with Crippen molar-refractivity contribution in [2.45, 2.75) is 13.3 Å². The van der Waals surface area contributed by atoms with Gasteiger partial charge in [-0.2, -0.15) is 0 Å². The maximum absolute atomic E-state index is 11.4. The monoisotopic (exact) mass is 267 g/mol. The van der Waals surface area contributed by atoms with Crippen LogP contribution in [0.15, 0.2) is 24.3 Å². The van der Waals surface area contributed by atoms with Crippen molar-refractivity contribution in [1.29, 1.82) is 0 Å². The van der Waals surface area contributed by atoms with Crippen molar-refractivity contribution in [2.24, 2.45) is 0 Å². The minimum atomic E-state index is -0.374. The summed E-state index contributed by atoms with van der Waals surface area (Å²) in [6, 6.07) is 7.09. The van der Waals surface area contributed by atoms with Crippen molar-refractivity contribution in [3.05, 3.63) is 24.3 Å². The van der Waals surface area contributed by atoms with Gasteiger partial charge in [0.2, 0.25) is 0 Å². The zero-order valence-corrected chi connectivity index (χ0v) is 11.5. The molecular weight excluding hydrogens is 246 g/mol. The van der Waals surface area contributed by atoms with Crippen LogP contribution in [0.1, 0.15) is 13.3 Å². The Morgan fingerprint density at radius 1 is 1.26 bits per heavy atom. The minimum Gasteiger partial charge on any atom is -0.497 e. The molecule has 0 radical (unpaired) electrons. The first kappa shape index (κ1) is 15.3. The van der Waals surface area contributed by atoms with Crippen molar-refractivity contribution < 1.29 is 19.0 Å². The number of benzene rings is 1. The van der Waals surface area contributed by atoms with Crippen LogP contribution in [0.25, 0.3) is 0 Å². The molecule has 0 heterocycles. The third-order valence-corrected chi connectivity index (χ3v) is 2.37. The molecule has 0 fully saturated rings. The van der Waals surface area contributed by atoms with Gasteiger partial charge in [-0.3, -0.25) is 0 Å². The third-order valence-electron chi connectivity index (χ3n) is 2.37. The van der Waals surface area contributed by atoms with E-state index in [-0.39, 0.29) is 12.6 Å². The molecule has 0 saturated heterocycles. The number of carbonyl (C=O) groups is 1. The Bertz CT molecular complexity index is 381. The summed E-state index contributed by atoms with van der Waals surface area (Å²) in [5.74, 6) is 0.899. The maximum atomic E-state index is 11.4. The molecule has 5 heteroatoms. The molecule has 0 spiro atoms. The largest absolute Gasteiger partial charge is 0.497 e. The van der Waals surface area contributed by atoms with Crippen molar-refractivity contribution in [3.8, 4) is 11.5 Å². The third kappa shape index (κ3) is 6.67. The van der Waals surface area contributed by atoms with E-state index in [1.54, 1.807) is 25.3 Å². The Morgan fingerprint density at radius 3 is 2.79 bits per heavy atom. The van der Waals surface area contributed by atoms with E-state index >= 15 is 0 Å². The van der Waals surface area contributed by atoms with E-state index < -0.39 is 0 Å². The van der Waals surface area contributed by atoms with Gasteiger partial charge in [-0.05, 0) is 25.1 Å². The van der Waals surface area contributed by atoms with Crippen LogP contribution in [0.5, 0.6) is 11.5 Å². The van der Waals surface area contributed by atoms with Crippen LogP contribution in [-0.2, 0) is 9.53 Å². The Hall–Kier alpha value is -1.75. The van der Waals surface area contributed by atoms with Gasteiger partial charge in [-0.25, -0.2) is 4.79 Å². The fourth-order valence-corrected chi connectivity index (χ4v) is 1.41. The fraction of sp³-hybridized carbons (Fsp3) is 0.500. The Kier molecular flexibility index (Phi) is 7.43. The van der Waals surface area contributed by atoms with Gasteiger partial charge in [0, 0.05) is 12.6 Å². The fourth-order valence-electron chi connectivity index (χ4n) is 1.41. The molecule has 0 bridgehead atoms. The van der Waals surface area contributed by atoms with Crippen LogP contribution in [0, 0.1) is 0 Å². The van der Waals surface area contributed by atoms with Gasteiger partial charge in [-0.15, -0.1) is 0 Å². The summed E-state index contributed by atoms with van der Waals surface area (Å²) in [4.78, 5) is 11.4. The SMILES string of the molecule is CCCNCCOC(=O)COc1cccc(OC)c1. The first-order valence-corrected chi connectivity index (χ1v) is 6.39. The summed E-state index contributed by atoms with van der Waals surface area (Å²) < 4.78 is 15.4. The molecule has 0 aliphatic rings. The second kappa shape index (κ2) is 9.22. The molecule has 1 aromatic rings. The molecule has 106 valence electrons. The topological polar surface area (TPSA) is 56.8 Å². The predicted octanol–water partition coefficient (Wildman–Crippen LogP) is 1.62. The molecule has 0 aliphatic heterocycles. The molecule has 1 N–H and O–H groups in total. The lowest BCUT2D eigenvalue weighted by atomic mass is 10.3. The van der Waals surface area contributed by atoms with E-state index in [0.29, 0.717) is 24.7 Å². The van der Waals surface area contributed by atoms with E-state index in [9.17, 15) is 4.79 Å². The minimum absolute atomic E-state index is 0.0963. The molecule has 1 aromatic carbocycles. The van der Waals surface area contributed by atoms with Crippen LogP contribution in [0.2, 0.25) is 0 Å². The van der Waals surface area contributed by atoms with Gasteiger partial charge in [0.1, 0.15) is 18.1 Å². The summed E-state index contributed by atoms with van der Waals surface area (Å²) in [7, 11) is 1.58. The van der Waals surface area contributed by atoms with E-state index in [0.717, 1.165) is 13.0 Å². The van der Waals surface area contributed by atoms with Crippen LogP contribution >= 0.6 is 0 Å². The smallest absolute Gasteiger partial charge is 0.344 e. The first-order chi connectivity index (χ1) is 9.26. The molecule has 0 aromatic heterocycles. The van der Waals surface area contributed by atoms with Crippen molar-refractivity contribution in [3.63, 3.8) is 0 Å². The predicted molar refractivity (Wildman–Crippen MR) is 72.6 cm³/mol. The number of hydrogen-bond acceptors (Lipinski definition) is 5. The standard InChI is InChI=1S/C14H21NO4/c1-3-7-15-8-9-18-14(16)11-19-13-6-4-5-12(10-13)17-2/h4-6,10,15H,3,7-9,11H2,1-2H3. The number of methoxy groups -OCH3 is 1. The number of ether oxygens (including phenoxy) is 3. The Balaban J connectivity index is 2.18. The van der Waals surface area contributed by atoms with Gasteiger partial charge in [0.15, 0.2) is 6.61 Å². The summed E-state index contributed by atoms with van der Waals surface area (Å²) in [5.41, 5.74) is 0. The number of rotatable bonds is 9. The normalized spacial score (nSPS) is 10.0. The molecule has 0 atom stereocenters. The molecule has 5 nitrogen and oxygen atoms in total. The number of nitrogens with one attached hydrogen (secondary N) is 1. The summed E-state index contributed by atoms with van der Waals surface area (Å²) >= 11 is 0. The van der Waals surface area contributed by atoms with Crippen molar-refractivity contribution in [1.82, 2.24) is 5.32 Å². The molecule has 0 saturated carbocycles. The van der Waals surface area contributed by atoms with Gasteiger partial charge in [-0.1, -0.05) is 13.0 Å². The van der Waals surface area contributed by atoms with Gasteiger partial charge in [0.25, 0.3) is 0 Å². The lowest BCUT2D eigenvalue weighted by Crippen LogP contribution is -2.24. The average molecular weight is 267 g/mol. The zero-order valence-electron chi connectivity index (χ0n) is 11.5. The van der Waals surface area contributed by atoms with E-state index in [1.807, 2.05) is 6.07 Å². The van der Waals surface area contributed by atoms with E-state index in [1.165, 1.54) is 0 Å². The molecule has 0 aliphatic carbocycles. The number of carbonyl (C=O) groups excluding carboxylic acids is 1. The van der Waals surface area contributed by atoms with Crippen LogP contribution in [0.3, 0.4) is 0 Å². The summed E-state index contributed by atoms with van der Waals surface area (Å²) in [5, 5.41) is 3.14. The van der Waals surface area contributed by atoms with Crippen molar-refractivity contribution in [2.75, 3.05) is 33.4 Å². The average Bonchev–Trinajstić information content (AvgIpc) is 2.45. The highest BCUT2D eigenvalue weighted by Gasteiger charge is 2.04. The highest BCUT2D eigenvalue weighted by Crippen LogP contribution is 2.18. The van der Waals surface area contributed by atoms with Crippen LogP contribution in [-0.4, -0.2) is 39.4 Å². The molecular formula is C14H21NO4. The summed E-state index contributed by atoms with van der Waals surface area (Å²) in [6.45, 7) is 3.94. The summed E-state index contributed by atoms with van der Waals surface area (Å²) in [6.07, 6.45) is 1.06. The highest BCUT2D eigenvalue weighted by molar-refractivity contribution is 5.71. The Morgan fingerprint density at radius 2 is 2.05 bits per heavy atom. The highest BCUT2D eigenvalue weighted by atomic mass is 16.6. The van der Waals surface area contributed by atoms with Crippen LogP contribution < -0.4 is 14.8 Å². The molecule has 0 amide bonds. The van der Waals surface area contributed by atoms with Gasteiger partial charge < -0.3 is 19.5 Å². The first-order valence-electron chi connectivity index (χ1n) is 6.39. The van der Waals surface area contributed by atoms with Gasteiger partial charge >= 0.3 is 5.97 Å². The molecule has 1 rings (SSSR count). The van der Waals surface area contributed by atoms with Gasteiger partial charge in [0.05, 0.1) is 7.11 Å². The second-order valence-electron chi connectivity index (χ2n) is 3.94. The molecule has 19 heavy (non-hydrogen) atoms. The second-order valence-corrected chi connectivity index (χ2v) is 3.94. The molecule has 0 unspecified atom stereocenters. The van der Waals surface area contributed by atoms with E-state index in [4.69, 9.17) is 14.2 Å². The quantitative estimate of drug-likeness (QED) is 0.544. The van der Waals surface area contributed by atoms with Crippen LogP contribution in [0.4, 0.5) is 0 Å². The van der Waals surface area contributed by atoms with Crippen molar-refractivity contribution >= 4 is 5.97 Å².